The summed E-state index contributed by atoms with van der Waals surface area (Å²) in [6.07, 6.45) is 0.983. The third-order valence-corrected chi connectivity index (χ3v) is 12.2. The van der Waals surface area contributed by atoms with E-state index in [-0.39, 0.29) is 24.7 Å². The molecule has 61 heavy (non-hydrogen) atoms. The van der Waals surface area contributed by atoms with Crippen molar-refractivity contribution in [1.82, 2.24) is 3.97 Å². The van der Waals surface area contributed by atoms with Crippen LogP contribution in [0.2, 0.25) is 0 Å². The summed E-state index contributed by atoms with van der Waals surface area (Å²) in [5, 5.41) is 4.45. The highest BCUT2D eigenvalue weighted by Crippen LogP contribution is 2.33. The van der Waals surface area contributed by atoms with Gasteiger partial charge in [0.05, 0.1) is 43.4 Å². The smallest absolute Gasteiger partial charge is 0.268 e. The summed E-state index contributed by atoms with van der Waals surface area (Å²) in [5.74, 6) is 0. The van der Waals surface area contributed by atoms with Gasteiger partial charge in [0.1, 0.15) is 24.4 Å². The molecule has 12 nitrogen and oxygen atoms in total. The van der Waals surface area contributed by atoms with Crippen LogP contribution in [0, 0.1) is 0 Å². The molecule has 5 aromatic carbocycles. The molecule has 13 heteroatoms. The van der Waals surface area contributed by atoms with Gasteiger partial charge >= 0.3 is 0 Å². The topological polar surface area (TPSA) is 143 Å². The molecular formula is C48H52N4O8S. The van der Waals surface area contributed by atoms with Crippen LogP contribution in [0.5, 0.6) is 0 Å². The summed E-state index contributed by atoms with van der Waals surface area (Å²) in [6, 6.07) is 45.7. The molecule has 0 N–H and O–H groups in total. The number of hydrogen-bond acceptors (Lipinski definition) is 9. The van der Waals surface area contributed by atoms with Crippen molar-refractivity contribution in [3.8, 4) is 0 Å². The monoisotopic (exact) mass is 844 g/mol. The van der Waals surface area contributed by atoms with Crippen LogP contribution < -0.4 is 0 Å². The number of fused-ring (bicyclic) bond motifs is 1. The Morgan fingerprint density at radius 1 is 0.623 bits per heavy atom. The second-order valence-corrected chi connectivity index (χ2v) is 16.6. The normalized spacial score (nSPS) is 19.1. The lowest BCUT2D eigenvalue weighted by atomic mass is 9.97. The van der Waals surface area contributed by atoms with E-state index in [1.54, 1.807) is 36.5 Å². The zero-order valence-electron chi connectivity index (χ0n) is 34.1. The van der Waals surface area contributed by atoms with Crippen LogP contribution in [0.1, 0.15) is 41.5 Å². The van der Waals surface area contributed by atoms with Gasteiger partial charge in [-0.15, -0.1) is 0 Å². The molecule has 1 aliphatic rings. The lowest BCUT2D eigenvalue weighted by molar-refractivity contribution is -0.328. The van der Waals surface area contributed by atoms with E-state index in [0.29, 0.717) is 38.3 Å². The highest BCUT2D eigenvalue weighted by atomic mass is 32.2. The largest absolute Gasteiger partial charge is 0.379 e. The summed E-state index contributed by atoms with van der Waals surface area (Å²) < 4.78 is 69.2. The number of para-hydroxylation sites is 1. The van der Waals surface area contributed by atoms with Crippen molar-refractivity contribution in [2.45, 2.75) is 81.1 Å². The van der Waals surface area contributed by atoms with Crippen molar-refractivity contribution in [2.75, 3.05) is 26.4 Å². The third kappa shape index (κ3) is 11.9. The van der Waals surface area contributed by atoms with Crippen LogP contribution in [0.15, 0.2) is 162 Å². The van der Waals surface area contributed by atoms with Crippen LogP contribution >= 0.6 is 0 Å². The Kier molecular flexibility index (Phi) is 16.1. The molecule has 1 aliphatic heterocycles. The Morgan fingerprint density at radius 2 is 1.18 bits per heavy atom. The molecule has 1 fully saturated rings. The molecule has 2 heterocycles. The van der Waals surface area contributed by atoms with E-state index in [1.807, 2.05) is 115 Å². The summed E-state index contributed by atoms with van der Waals surface area (Å²) in [7, 11) is -3.86. The quantitative estimate of drug-likeness (QED) is 0.0269. The number of unbranched alkanes of at least 4 members (excludes halogenated alkanes) is 2. The van der Waals surface area contributed by atoms with Crippen molar-refractivity contribution >= 4 is 20.9 Å². The van der Waals surface area contributed by atoms with E-state index in [2.05, 4.69) is 10.0 Å². The van der Waals surface area contributed by atoms with Gasteiger partial charge in [-0.3, -0.25) is 0 Å². The summed E-state index contributed by atoms with van der Waals surface area (Å²) >= 11 is 0. The highest BCUT2D eigenvalue weighted by molar-refractivity contribution is 7.90. The number of rotatable bonds is 23. The van der Waals surface area contributed by atoms with Crippen LogP contribution in [0.4, 0.5) is 0 Å². The second kappa shape index (κ2) is 22.5. The summed E-state index contributed by atoms with van der Waals surface area (Å²) in [5.41, 5.74) is 13.0. The van der Waals surface area contributed by atoms with E-state index in [4.69, 9.17) is 34.0 Å². The minimum absolute atomic E-state index is 0.189. The second-order valence-electron chi connectivity index (χ2n) is 14.8. The molecule has 0 amide bonds. The summed E-state index contributed by atoms with van der Waals surface area (Å²) in [6.45, 7) is 2.20. The first-order valence-corrected chi connectivity index (χ1v) is 22.2. The highest BCUT2D eigenvalue weighted by Gasteiger charge is 2.49. The molecule has 6 aromatic rings. The van der Waals surface area contributed by atoms with Crippen molar-refractivity contribution in [2.24, 2.45) is 5.11 Å². The first-order valence-electron chi connectivity index (χ1n) is 20.7. The molecule has 0 unspecified atom stereocenters. The number of ether oxygens (including phenoxy) is 6. The van der Waals surface area contributed by atoms with Gasteiger partial charge in [-0.05, 0) is 65.2 Å². The maximum atomic E-state index is 13.9. The van der Waals surface area contributed by atoms with E-state index >= 15 is 0 Å². The fourth-order valence-electron chi connectivity index (χ4n) is 7.43. The Balaban J connectivity index is 1.17. The predicted molar refractivity (Wildman–Crippen MR) is 233 cm³/mol. The molecule has 7 rings (SSSR count). The van der Waals surface area contributed by atoms with Gasteiger partial charge < -0.3 is 28.4 Å². The van der Waals surface area contributed by atoms with Crippen LogP contribution in [0.3, 0.4) is 0 Å². The third-order valence-electron chi connectivity index (χ3n) is 10.6. The predicted octanol–water partition coefficient (Wildman–Crippen LogP) is 9.42. The van der Waals surface area contributed by atoms with Gasteiger partial charge in [0, 0.05) is 29.6 Å². The number of benzene rings is 5. The van der Waals surface area contributed by atoms with Gasteiger partial charge in [-0.1, -0.05) is 139 Å². The lowest BCUT2D eigenvalue weighted by Crippen LogP contribution is -2.61. The maximum Gasteiger partial charge on any atom is 0.268 e. The zero-order valence-corrected chi connectivity index (χ0v) is 34.9. The molecule has 0 radical (unpaired) electrons. The molecule has 0 bridgehead atoms. The van der Waals surface area contributed by atoms with Gasteiger partial charge in [-0.2, -0.15) is 0 Å². The first kappa shape index (κ1) is 43.7. The number of azide groups is 1. The van der Waals surface area contributed by atoms with Crippen molar-refractivity contribution in [3.05, 3.63) is 184 Å². The van der Waals surface area contributed by atoms with Crippen LogP contribution in [-0.2, 0) is 64.7 Å². The van der Waals surface area contributed by atoms with Crippen LogP contribution in [0.25, 0.3) is 21.3 Å². The molecular weight excluding hydrogens is 793 g/mol. The minimum Gasteiger partial charge on any atom is -0.379 e. The van der Waals surface area contributed by atoms with Crippen molar-refractivity contribution in [1.29, 1.82) is 0 Å². The van der Waals surface area contributed by atoms with E-state index in [0.717, 1.165) is 46.9 Å². The van der Waals surface area contributed by atoms with Gasteiger partial charge in [-0.25, -0.2) is 12.4 Å². The van der Waals surface area contributed by atoms with Crippen LogP contribution in [-0.4, -0.2) is 69.5 Å². The van der Waals surface area contributed by atoms with E-state index in [1.165, 1.54) is 3.97 Å². The molecule has 0 spiro atoms. The average Bonchev–Trinajstić information content (AvgIpc) is 3.69. The fourth-order valence-corrected chi connectivity index (χ4v) is 8.84. The van der Waals surface area contributed by atoms with Gasteiger partial charge in [0.15, 0.2) is 6.29 Å². The molecule has 1 saturated heterocycles. The standard InChI is InChI=1S/C48H52N4O8S/c49-51-50-29-16-5-17-30-55-36-44-45(57-33-37-18-6-1-7-19-37)46(58-34-38-20-8-2-9-21-38)47(59-35-39-22-10-3-11-23-39)48(60-44)56-31-28-40-32-52(43-27-15-14-26-42(40)43)61(53,54)41-24-12-4-13-25-41/h1-4,6-15,18-27,32,44-48H,5,16-17,28-31,33-36H2/t44-,45-,46+,47-,48-/m1/s1. The van der Waals surface area contributed by atoms with E-state index < -0.39 is 40.7 Å². The maximum absolute atomic E-state index is 13.9. The molecule has 318 valence electrons. The molecule has 0 aliphatic carbocycles. The molecule has 5 atom stereocenters. The zero-order chi connectivity index (χ0) is 42.1. The number of hydrogen-bond donors (Lipinski definition) is 0. The Hall–Kier alpha value is -5.34. The number of aromatic nitrogens is 1. The summed E-state index contributed by atoms with van der Waals surface area (Å²) in [4.78, 5) is 3.05. The lowest BCUT2D eigenvalue weighted by Gasteiger charge is -2.46. The SMILES string of the molecule is [N-]=[N+]=NCCCCCOC[C@H]1O[C@@H](OCCc2cn(S(=O)(=O)c3ccccc3)c3ccccc23)[C@H](OCc2ccccc2)[C@@H](OCc2ccccc2)[C@@H]1OCc1ccccc1. The minimum atomic E-state index is -3.86. The van der Waals surface area contributed by atoms with E-state index in [9.17, 15) is 8.42 Å². The Morgan fingerprint density at radius 3 is 1.80 bits per heavy atom. The van der Waals surface area contributed by atoms with Gasteiger partial charge in [0.2, 0.25) is 0 Å². The van der Waals surface area contributed by atoms with Crippen molar-refractivity contribution in [3.63, 3.8) is 0 Å². The van der Waals surface area contributed by atoms with Gasteiger partial charge in [0.25, 0.3) is 10.0 Å². The average molecular weight is 845 g/mol. The molecule has 0 saturated carbocycles. The first-order chi connectivity index (χ1) is 30.0. The Bertz CT molecular complexity index is 2380. The van der Waals surface area contributed by atoms with Crippen molar-refractivity contribution < 1.29 is 36.8 Å². The number of nitrogens with zero attached hydrogens (tertiary/aromatic N) is 4. The Labute approximate surface area is 357 Å². The fraction of sp³-hybridized carbons (Fsp3) is 0.333. The molecule has 1 aromatic heterocycles.